The quantitative estimate of drug-likeness (QED) is 0.841. The van der Waals surface area contributed by atoms with E-state index in [-0.39, 0.29) is 18.1 Å². The number of nitrogens with one attached hydrogen (secondary N) is 2. The third kappa shape index (κ3) is 3.96. The van der Waals surface area contributed by atoms with Gasteiger partial charge in [0.05, 0.1) is 11.4 Å². The van der Waals surface area contributed by atoms with Gasteiger partial charge in [-0.25, -0.2) is 17.6 Å². The molecule has 0 aromatic heterocycles. The van der Waals surface area contributed by atoms with E-state index < -0.39 is 16.1 Å². The molecule has 2 aromatic carbocycles. The van der Waals surface area contributed by atoms with Crippen LogP contribution in [0.5, 0.6) is 0 Å². The summed E-state index contributed by atoms with van der Waals surface area (Å²) in [6, 6.07) is 11.1. The van der Waals surface area contributed by atoms with Gasteiger partial charge in [0.2, 0.25) is 10.0 Å². The Labute approximate surface area is 152 Å². The summed E-state index contributed by atoms with van der Waals surface area (Å²) < 4.78 is 39.7. The highest BCUT2D eigenvalue weighted by atomic mass is 32.2. The van der Waals surface area contributed by atoms with Crippen molar-refractivity contribution in [3.63, 3.8) is 0 Å². The lowest BCUT2D eigenvalue weighted by Gasteiger charge is -2.19. The summed E-state index contributed by atoms with van der Waals surface area (Å²) in [5.41, 5.74) is 2.57. The Kier molecular flexibility index (Phi) is 5.13. The minimum atomic E-state index is -3.51. The molecule has 0 unspecified atom stereocenters. The first-order valence-corrected chi connectivity index (χ1v) is 9.87. The summed E-state index contributed by atoms with van der Waals surface area (Å²) in [5.74, 6) is -0.551. The topological polar surface area (TPSA) is 78.5 Å². The number of urea groups is 1. The minimum absolute atomic E-state index is 0.0208. The SMILES string of the molecule is Cc1cc(NC(=O)NCCS(=O)(=O)N2CCc3ccccc32)ccc1F. The molecular weight excluding hydrogens is 357 g/mol. The number of sulfonamides is 1. The van der Waals surface area contributed by atoms with Gasteiger partial charge in [-0.3, -0.25) is 4.31 Å². The molecule has 26 heavy (non-hydrogen) atoms. The predicted molar refractivity (Wildman–Crippen MR) is 99.4 cm³/mol. The highest BCUT2D eigenvalue weighted by Crippen LogP contribution is 2.29. The molecule has 1 heterocycles. The molecule has 6 nitrogen and oxygen atoms in total. The number of hydrogen-bond acceptors (Lipinski definition) is 3. The van der Waals surface area contributed by atoms with Crippen LogP contribution in [0.15, 0.2) is 42.5 Å². The van der Waals surface area contributed by atoms with Crippen molar-refractivity contribution in [3.05, 3.63) is 59.4 Å². The van der Waals surface area contributed by atoms with Gasteiger partial charge >= 0.3 is 6.03 Å². The van der Waals surface area contributed by atoms with Gasteiger partial charge in [-0.1, -0.05) is 18.2 Å². The number of carbonyl (C=O) groups excluding carboxylic acids is 1. The van der Waals surface area contributed by atoms with Crippen LogP contribution in [0.3, 0.4) is 0 Å². The van der Waals surface area contributed by atoms with E-state index in [1.807, 2.05) is 18.2 Å². The first-order chi connectivity index (χ1) is 12.4. The van der Waals surface area contributed by atoms with E-state index in [2.05, 4.69) is 10.6 Å². The average Bonchev–Trinajstić information content (AvgIpc) is 3.03. The van der Waals surface area contributed by atoms with E-state index in [1.165, 1.54) is 22.5 Å². The molecule has 0 aliphatic carbocycles. The maximum atomic E-state index is 13.2. The second-order valence-corrected chi connectivity index (χ2v) is 8.12. The van der Waals surface area contributed by atoms with Crippen LogP contribution in [-0.4, -0.2) is 33.3 Å². The molecule has 2 amide bonds. The van der Waals surface area contributed by atoms with Gasteiger partial charge in [0, 0.05) is 18.8 Å². The number of nitrogens with zero attached hydrogens (tertiary/aromatic N) is 1. The van der Waals surface area contributed by atoms with Crippen molar-refractivity contribution in [1.82, 2.24) is 5.32 Å². The largest absolute Gasteiger partial charge is 0.337 e. The number of fused-ring (bicyclic) bond motifs is 1. The summed E-state index contributed by atoms with van der Waals surface area (Å²) >= 11 is 0. The number of aryl methyl sites for hydroxylation is 1. The smallest absolute Gasteiger partial charge is 0.319 e. The van der Waals surface area contributed by atoms with Crippen molar-refractivity contribution in [2.45, 2.75) is 13.3 Å². The Hall–Kier alpha value is -2.61. The Morgan fingerprint density at radius 3 is 2.77 bits per heavy atom. The molecule has 0 atom stereocenters. The van der Waals surface area contributed by atoms with Gasteiger partial charge in [-0.15, -0.1) is 0 Å². The van der Waals surface area contributed by atoms with Crippen LogP contribution < -0.4 is 14.9 Å². The fourth-order valence-corrected chi connectivity index (χ4v) is 4.33. The molecule has 0 saturated heterocycles. The Morgan fingerprint density at radius 2 is 2.00 bits per heavy atom. The highest BCUT2D eigenvalue weighted by molar-refractivity contribution is 7.92. The van der Waals surface area contributed by atoms with Gasteiger partial charge in [0.15, 0.2) is 0 Å². The zero-order valence-corrected chi connectivity index (χ0v) is 15.1. The third-order valence-electron chi connectivity index (χ3n) is 4.24. The number of carbonyl (C=O) groups is 1. The summed E-state index contributed by atoms with van der Waals surface area (Å²) in [7, 11) is -3.51. The van der Waals surface area contributed by atoms with Crippen LogP contribution in [0.1, 0.15) is 11.1 Å². The van der Waals surface area contributed by atoms with Crippen molar-refractivity contribution >= 4 is 27.4 Å². The van der Waals surface area contributed by atoms with Crippen LogP contribution in [0.25, 0.3) is 0 Å². The monoisotopic (exact) mass is 377 g/mol. The minimum Gasteiger partial charge on any atom is -0.337 e. The van der Waals surface area contributed by atoms with E-state index >= 15 is 0 Å². The number of para-hydroxylation sites is 1. The van der Waals surface area contributed by atoms with E-state index in [4.69, 9.17) is 0 Å². The van der Waals surface area contributed by atoms with Gasteiger partial charge < -0.3 is 10.6 Å². The van der Waals surface area contributed by atoms with E-state index in [0.717, 1.165) is 5.56 Å². The molecular formula is C18H20FN3O3S. The second kappa shape index (κ2) is 7.33. The summed E-state index contributed by atoms with van der Waals surface area (Å²) in [6.45, 7) is 1.99. The normalized spacial score (nSPS) is 13.4. The third-order valence-corrected chi connectivity index (χ3v) is 6.01. The first kappa shape index (κ1) is 18.2. The van der Waals surface area contributed by atoms with Crippen LogP contribution in [0.4, 0.5) is 20.6 Å². The van der Waals surface area contributed by atoms with Crippen molar-refractivity contribution < 1.29 is 17.6 Å². The Bertz CT molecular complexity index is 931. The molecule has 3 rings (SSSR count). The Morgan fingerprint density at radius 1 is 1.23 bits per heavy atom. The van der Waals surface area contributed by atoms with Crippen LogP contribution >= 0.6 is 0 Å². The lowest BCUT2D eigenvalue weighted by Crippen LogP contribution is -2.38. The number of rotatable bonds is 5. The van der Waals surface area contributed by atoms with E-state index in [9.17, 15) is 17.6 Å². The summed E-state index contributed by atoms with van der Waals surface area (Å²) in [6.07, 6.45) is 0.688. The molecule has 0 fully saturated rings. The molecule has 1 aliphatic rings. The number of benzene rings is 2. The molecule has 2 N–H and O–H groups in total. The number of hydrogen-bond donors (Lipinski definition) is 2. The van der Waals surface area contributed by atoms with Gasteiger partial charge in [-0.05, 0) is 48.7 Å². The first-order valence-electron chi connectivity index (χ1n) is 8.26. The Balaban J connectivity index is 1.54. The van der Waals surface area contributed by atoms with Crippen molar-refractivity contribution in [2.24, 2.45) is 0 Å². The van der Waals surface area contributed by atoms with Gasteiger partial charge in [-0.2, -0.15) is 0 Å². The maximum absolute atomic E-state index is 13.2. The molecule has 2 aromatic rings. The number of halogens is 1. The van der Waals surface area contributed by atoms with Crippen LogP contribution in [0, 0.1) is 12.7 Å². The van der Waals surface area contributed by atoms with Crippen molar-refractivity contribution in [2.75, 3.05) is 28.5 Å². The fourth-order valence-electron chi connectivity index (χ4n) is 2.90. The maximum Gasteiger partial charge on any atom is 0.319 e. The van der Waals surface area contributed by atoms with Crippen molar-refractivity contribution in [1.29, 1.82) is 0 Å². The molecule has 0 spiro atoms. The second-order valence-electron chi connectivity index (χ2n) is 6.11. The standard InChI is InChI=1S/C18H20FN3O3S/c1-13-12-15(6-7-16(13)19)21-18(23)20-9-11-26(24,25)22-10-8-14-4-2-3-5-17(14)22/h2-7,12H,8-11H2,1H3,(H2,20,21,23). The van der Waals surface area contributed by atoms with Crippen molar-refractivity contribution in [3.8, 4) is 0 Å². The van der Waals surface area contributed by atoms with Crippen LogP contribution in [-0.2, 0) is 16.4 Å². The summed E-state index contributed by atoms with van der Waals surface area (Å²) in [4.78, 5) is 11.9. The lowest BCUT2D eigenvalue weighted by atomic mass is 10.2. The zero-order chi connectivity index (χ0) is 18.7. The molecule has 0 bridgehead atoms. The van der Waals surface area contributed by atoms with Gasteiger partial charge in [0.1, 0.15) is 5.82 Å². The van der Waals surface area contributed by atoms with E-state index in [1.54, 1.807) is 13.0 Å². The molecule has 0 radical (unpaired) electrons. The van der Waals surface area contributed by atoms with Gasteiger partial charge in [0.25, 0.3) is 0 Å². The molecule has 8 heteroatoms. The zero-order valence-electron chi connectivity index (χ0n) is 14.3. The van der Waals surface area contributed by atoms with E-state index in [0.29, 0.717) is 29.9 Å². The number of anilines is 2. The average molecular weight is 377 g/mol. The molecule has 1 aliphatic heterocycles. The lowest BCUT2D eigenvalue weighted by molar-refractivity contribution is 0.252. The highest BCUT2D eigenvalue weighted by Gasteiger charge is 2.28. The van der Waals surface area contributed by atoms with Crippen LogP contribution in [0.2, 0.25) is 0 Å². The molecule has 0 saturated carbocycles. The fraction of sp³-hybridized carbons (Fsp3) is 0.278. The predicted octanol–water partition coefficient (Wildman–Crippen LogP) is 2.65. The molecule has 138 valence electrons. The summed E-state index contributed by atoms with van der Waals surface area (Å²) in [5, 5.41) is 5.08. The number of amides is 2.